The van der Waals surface area contributed by atoms with Crippen LogP contribution in [0.2, 0.25) is 15.1 Å². The van der Waals surface area contributed by atoms with Crippen LogP contribution in [0.15, 0.2) is 77.3 Å². The summed E-state index contributed by atoms with van der Waals surface area (Å²) in [5.41, 5.74) is 12.7. The van der Waals surface area contributed by atoms with Crippen molar-refractivity contribution in [1.82, 2.24) is 0 Å². The molecule has 1 unspecified atom stereocenters. The maximum absolute atomic E-state index is 13.6. The summed E-state index contributed by atoms with van der Waals surface area (Å²) >= 11 is 18.9. The van der Waals surface area contributed by atoms with Gasteiger partial charge in [0.15, 0.2) is 5.78 Å². The van der Waals surface area contributed by atoms with E-state index in [1.165, 1.54) is 0 Å². The first-order valence-corrected chi connectivity index (χ1v) is 13.7. The fourth-order valence-electron chi connectivity index (χ4n) is 5.44. The zero-order valence-electron chi connectivity index (χ0n) is 21.5. The van der Waals surface area contributed by atoms with Gasteiger partial charge < -0.3 is 10.5 Å². The van der Waals surface area contributed by atoms with Crippen LogP contribution in [0.1, 0.15) is 47.4 Å². The normalized spacial score (nSPS) is 17.3. The second-order valence-electron chi connectivity index (χ2n) is 9.77. The van der Waals surface area contributed by atoms with Crippen LogP contribution >= 0.6 is 34.8 Å². The number of hydrogen-bond acceptors (Lipinski definition) is 5. The van der Waals surface area contributed by atoms with Gasteiger partial charge in [-0.15, -0.1) is 0 Å². The van der Waals surface area contributed by atoms with E-state index in [9.17, 15) is 10.1 Å². The highest BCUT2D eigenvalue weighted by atomic mass is 35.5. The van der Waals surface area contributed by atoms with E-state index in [1.807, 2.05) is 32.0 Å². The molecule has 39 heavy (non-hydrogen) atoms. The van der Waals surface area contributed by atoms with Gasteiger partial charge >= 0.3 is 0 Å². The third kappa shape index (κ3) is 5.01. The van der Waals surface area contributed by atoms with Crippen LogP contribution < -0.4 is 15.4 Å². The number of hydrogen-bond donors (Lipinski definition) is 1. The lowest BCUT2D eigenvalue weighted by Crippen LogP contribution is -2.39. The average molecular weight is 579 g/mol. The van der Waals surface area contributed by atoms with E-state index in [2.05, 4.69) is 12.1 Å². The van der Waals surface area contributed by atoms with Crippen molar-refractivity contribution in [1.29, 1.82) is 5.26 Å². The SMILES string of the molecule is Cc1cc(COc2ccc(Cl)cc2)c(C)c(C2C(C#N)=C(N)N(c3cccc(Cl)c3Cl)C3=C2C(=O)CCC3)c1. The van der Waals surface area contributed by atoms with Crippen LogP contribution in [0, 0.1) is 25.2 Å². The van der Waals surface area contributed by atoms with Gasteiger partial charge in [0.2, 0.25) is 0 Å². The molecule has 1 heterocycles. The van der Waals surface area contributed by atoms with Crippen molar-refractivity contribution in [2.24, 2.45) is 5.73 Å². The Morgan fingerprint density at radius 2 is 1.82 bits per heavy atom. The second kappa shape index (κ2) is 11.0. The van der Waals surface area contributed by atoms with Crippen molar-refractivity contribution >= 4 is 46.3 Å². The number of nitrogens with zero attached hydrogens (tertiary/aromatic N) is 2. The predicted molar refractivity (Wildman–Crippen MR) is 156 cm³/mol. The summed E-state index contributed by atoms with van der Waals surface area (Å²) in [6.45, 7) is 4.31. The van der Waals surface area contributed by atoms with Crippen LogP contribution in [0.25, 0.3) is 0 Å². The zero-order chi connectivity index (χ0) is 27.8. The van der Waals surface area contributed by atoms with Crippen molar-refractivity contribution in [2.45, 2.75) is 45.6 Å². The molecule has 198 valence electrons. The lowest BCUT2D eigenvalue weighted by Gasteiger charge is -2.40. The number of benzene rings is 3. The van der Waals surface area contributed by atoms with E-state index in [0.29, 0.717) is 63.5 Å². The Bertz CT molecular complexity index is 1590. The predicted octanol–water partition coefficient (Wildman–Crippen LogP) is 8.15. The van der Waals surface area contributed by atoms with Gasteiger partial charge in [0.1, 0.15) is 18.2 Å². The van der Waals surface area contributed by atoms with Gasteiger partial charge in [-0.25, -0.2) is 0 Å². The van der Waals surface area contributed by atoms with Gasteiger partial charge in [0, 0.05) is 22.7 Å². The maximum Gasteiger partial charge on any atom is 0.161 e. The first kappa shape index (κ1) is 27.1. The highest BCUT2D eigenvalue weighted by Gasteiger charge is 2.41. The Labute approximate surface area is 243 Å². The number of rotatable bonds is 5. The molecule has 1 aliphatic carbocycles. The first-order chi connectivity index (χ1) is 18.7. The molecule has 0 saturated carbocycles. The molecule has 0 amide bonds. The topological polar surface area (TPSA) is 79.3 Å². The molecule has 0 aromatic heterocycles. The molecule has 2 aliphatic rings. The quantitative estimate of drug-likeness (QED) is 0.330. The van der Waals surface area contributed by atoms with Gasteiger partial charge in [0.25, 0.3) is 0 Å². The molecule has 0 spiro atoms. The number of allylic oxidation sites excluding steroid dienone is 3. The summed E-state index contributed by atoms with van der Waals surface area (Å²) in [6, 6.07) is 18.9. The molecule has 3 aromatic carbocycles. The number of ether oxygens (including phenoxy) is 1. The smallest absolute Gasteiger partial charge is 0.161 e. The van der Waals surface area contributed by atoms with Crippen molar-refractivity contribution in [3.8, 4) is 11.8 Å². The highest BCUT2D eigenvalue weighted by molar-refractivity contribution is 6.43. The van der Waals surface area contributed by atoms with Crippen LogP contribution in [0.4, 0.5) is 5.69 Å². The standard InChI is InChI=1S/C31H26Cl3N3O2/c1-17-13-19(16-39-21-11-9-20(32)10-12-21)18(2)22(14-17)28-23(15-35)31(36)37(25-6-4-8-27(38)29(25)28)26-7-3-5-24(33)30(26)34/h3,5,7,9-14,28H,4,6,8,16,36H2,1-2H3. The molecule has 3 aromatic rings. The second-order valence-corrected chi connectivity index (χ2v) is 11.0. The molecule has 1 atom stereocenters. The monoisotopic (exact) mass is 577 g/mol. The average Bonchev–Trinajstić information content (AvgIpc) is 2.91. The van der Waals surface area contributed by atoms with Crippen molar-refractivity contribution in [2.75, 3.05) is 4.90 Å². The molecule has 5 nitrogen and oxygen atoms in total. The number of halogens is 3. The molecular formula is C31H26Cl3N3O2. The highest BCUT2D eigenvalue weighted by Crippen LogP contribution is 2.49. The van der Waals surface area contributed by atoms with E-state index in [0.717, 1.165) is 28.0 Å². The lowest BCUT2D eigenvalue weighted by molar-refractivity contribution is -0.116. The molecule has 0 radical (unpaired) electrons. The van der Waals surface area contributed by atoms with Gasteiger partial charge in [-0.1, -0.05) is 58.6 Å². The minimum Gasteiger partial charge on any atom is -0.489 e. The summed E-state index contributed by atoms with van der Waals surface area (Å²) < 4.78 is 6.05. The fourth-order valence-corrected chi connectivity index (χ4v) is 5.95. The van der Waals surface area contributed by atoms with E-state index >= 15 is 0 Å². The largest absolute Gasteiger partial charge is 0.489 e. The molecular weight excluding hydrogens is 553 g/mol. The van der Waals surface area contributed by atoms with Crippen LogP contribution in [-0.2, 0) is 11.4 Å². The third-order valence-electron chi connectivity index (χ3n) is 7.30. The van der Waals surface area contributed by atoms with Crippen molar-refractivity contribution in [3.63, 3.8) is 0 Å². The van der Waals surface area contributed by atoms with E-state index < -0.39 is 5.92 Å². The van der Waals surface area contributed by atoms with Crippen molar-refractivity contribution in [3.05, 3.63) is 115 Å². The lowest BCUT2D eigenvalue weighted by atomic mass is 9.73. The summed E-state index contributed by atoms with van der Waals surface area (Å²) in [6.07, 6.45) is 1.71. The van der Waals surface area contributed by atoms with Gasteiger partial charge in [0.05, 0.1) is 33.3 Å². The molecule has 0 fully saturated rings. The number of anilines is 1. The van der Waals surface area contributed by atoms with Gasteiger partial charge in [-0.3, -0.25) is 9.69 Å². The Hall–Kier alpha value is -3.43. The Balaban J connectivity index is 1.65. The van der Waals surface area contributed by atoms with E-state index in [-0.39, 0.29) is 11.6 Å². The Morgan fingerprint density at radius 3 is 2.54 bits per heavy atom. The van der Waals surface area contributed by atoms with E-state index in [4.69, 9.17) is 45.3 Å². The van der Waals surface area contributed by atoms with Crippen LogP contribution in [0.5, 0.6) is 5.75 Å². The summed E-state index contributed by atoms with van der Waals surface area (Å²) in [4.78, 5) is 15.3. The molecule has 1 aliphatic heterocycles. The van der Waals surface area contributed by atoms with Gasteiger partial charge in [-0.05, 0) is 79.8 Å². The molecule has 5 rings (SSSR count). The van der Waals surface area contributed by atoms with Crippen LogP contribution in [-0.4, -0.2) is 5.78 Å². The molecule has 8 heteroatoms. The number of ketones is 1. The van der Waals surface area contributed by atoms with E-state index in [1.54, 1.807) is 35.2 Å². The maximum atomic E-state index is 13.6. The minimum absolute atomic E-state index is 0.00419. The fraction of sp³-hybridized carbons (Fsp3) is 0.226. The molecule has 2 N–H and O–H groups in total. The van der Waals surface area contributed by atoms with Crippen molar-refractivity contribution < 1.29 is 9.53 Å². The number of Topliss-reactive ketones (excluding diaryl/α,β-unsaturated/α-hetero) is 1. The van der Waals surface area contributed by atoms with Gasteiger partial charge in [-0.2, -0.15) is 5.26 Å². The van der Waals surface area contributed by atoms with Crippen LogP contribution in [0.3, 0.4) is 0 Å². The number of carbonyl (C=O) groups is 1. The number of aryl methyl sites for hydroxylation is 1. The number of nitrogens with two attached hydrogens (primary N) is 1. The summed E-state index contributed by atoms with van der Waals surface area (Å²) in [5, 5.41) is 11.7. The first-order valence-electron chi connectivity index (χ1n) is 12.6. The number of nitriles is 1. The Kier molecular flexibility index (Phi) is 7.64. The Morgan fingerprint density at radius 1 is 1.08 bits per heavy atom. The molecule has 0 bridgehead atoms. The third-order valence-corrected chi connectivity index (χ3v) is 8.37. The molecule has 0 saturated heterocycles. The summed E-state index contributed by atoms with van der Waals surface area (Å²) in [5.74, 6) is 0.355. The number of carbonyl (C=O) groups excluding carboxylic acids is 1. The summed E-state index contributed by atoms with van der Waals surface area (Å²) in [7, 11) is 0. The zero-order valence-corrected chi connectivity index (χ0v) is 23.8. The minimum atomic E-state index is -0.596.